The van der Waals surface area contributed by atoms with Crippen molar-refractivity contribution in [2.45, 2.75) is 154 Å². The van der Waals surface area contributed by atoms with Crippen molar-refractivity contribution in [1.29, 1.82) is 0 Å². The maximum atomic E-state index is 14.3. The number of nitrogens with two attached hydrogens (primary N) is 1. The number of amides is 2. The van der Waals surface area contributed by atoms with Crippen LogP contribution >= 0.6 is 0 Å². The fraction of sp³-hybridized carbons (Fsp3) is 0.273. The first-order valence-corrected chi connectivity index (χ1v) is 37.0. The number of hydrogen-bond acceptors (Lipinski definition) is 13. The molecule has 0 aliphatic carbocycles. The predicted molar refractivity (Wildman–Crippen MR) is 427 cm³/mol. The molecule has 574 valence electrons. The highest BCUT2D eigenvalue weighted by Crippen LogP contribution is 2.47. The highest BCUT2D eigenvalue weighted by Gasteiger charge is 2.44. The topological polar surface area (TPSA) is 243 Å². The van der Waals surface area contributed by atoms with Gasteiger partial charge in [0.25, 0.3) is 11.8 Å². The largest absolute Gasteiger partial charge is 0.435 e. The number of ether oxygens (including phenoxy) is 2. The van der Waals surface area contributed by atoms with Crippen LogP contribution < -0.4 is 25.8 Å². The first-order chi connectivity index (χ1) is 53.4. The summed E-state index contributed by atoms with van der Waals surface area (Å²) in [5.74, 6) is -0.762. The van der Waals surface area contributed by atoms with Crippen molar-refractivity contribution in [1.82, 2.24) is 59.3 Å². The second kappa shape index (κ2) is 31.5. The van der Waals surface area contributed by atoms with Gasteiger partial charge in [-0.25, -0.2) is 19.9 Å². The van der Waals surface area contributed by atoms with Gasteiger partial charge in [-0.05, 0) is 144 Å². The van der Waals surface area contributed by atoms with Gasteiger partial charge in [-0.2, -0.15) is 27.8 Å². The molecular formula is C88H88F4N14O6. The van der Waals surface area contributed by atoms with E-state index in [0.717, 1.165) is 46.2 Å². The van der Waals surface area contributed by atoms with Crippen LogP contribution in [-0.2, 0) is 24.2 Å². The highest BCUT2D eigenvalue weighted by atomic mass is 19.3. The standard InChI is InChI=1S/C44H43F2N7O4.C44H45F2N7O2/c1-42(2,3)49-40(54)34-28-51(44(29-16-9-6-10-17-29,30-18-11-7-12-19-30)31-20-13-8-14-21-31)39-38(34)48-35(27-47-39)37-33-26-32(57-41(45)46)22-23-36(33)52(50-37)25-15-24-43(4,5)53(55)56;1-42(2,3)50-40(54)34-28-52(44(29-16-9-6-10-17-29,30-18-11-7-12-19-30)31-20-13-8-14-21-31)39-38(34)49-35(27-48-39)37-33-26-32(55-41(45)46)22-23-36(33)53(51-37)25-15-24-43(4,5)47/h6-14,16-23,26-28,41H,15,24-25H2,1-5H3,(H,49,54);6-14,16-23,26-28,41H,15,24-25,47H2,1-5H3,(H,50,54). The zero-order valence-electron chi connectivity index (χ0n) is 63.9. The summed E-state index contributed by atoms with van der Waals surface area (Å²) in [5.41, 5.74) is 12.1. The van der Waals surface area contributed by atoms with Gasteiger partial charge < -0.3 is 35.0 Å². The van der Waals surface area contributed by atoms with E-state index in [-0.39, 0.29) is 45.8 Å². The number of nitrogens with zero attached hydrogens (tertiary/aromatic N) is 11. The Balaban J connectivity index is 0.000000196. The van der Waals surface area contributed by atoms with Crippen molar-refractivity contribution >= 4 is 55.9 Å². The molecule has 6 heterocycles. The minimum absolute atomic E-state index is 0.00445. The molecule has 0 fully saturated rings. The Morgan fingerprint density at radius 1 is 0.473 bits per heavy atom. The monoisotopic (exact) mass is 1510 g/mol. The Kier molecular flexibility index (Phi) is 21.9. The molecule has 0 radical (unpaired) electrons. The summed E-state index contributed by atoms with van der Waals surface area (Å²) >= 11 is 0. The van der Waals surface area contributed by atoms with Crippen LogP contribution in [0.4, 0.5) is 17.6 Å². The molecule has 0 aliphatic heterocycles. The molecule has 0 aliphatic rings. The molecule has 112 heavy (non-hydrogen) atoms. The highest BCUT2D eigenvalue weighted by molar-refractivity contribution is 6.07. The summed E-state index contributed by atoms with van der Waals surface area (Å²) in [6.07, 6.45) is 9.01. The summed E-state index contributed by atoms with van der Waals surface area (Å²) in [4.78, 5) is 60.4. The van der Waals surface area contributed by atoms with Gasteiger partial charge in [0.2, 0.25) is 5.54 Å². The number of aryl methyl sites for hydroxylation is 2. The molecule has 4 N–H and O–H groups in total. The van der Waals surface area contributed by atoms with E-state index in [1.165, 1.54) is 18.2 Å². The number of carbonyl (C=O) groups excluding carboxylic acids is 2. The van der Waals surface area contributed by atoms with Crippen molar-refractivity contribution in [3.05, 3.63) is 298 Å². The Labute approximate surface area is 645 Å². The van der Waals surface area contributed by atoms with E-state index in [9.17, 15) is 37.3 Å². The van der Waals surface area contributed by atoms with Crippen LogP contribution in [0.2, 0.25) is 0 Å². The zero-order chi connectivity index (χ0) is 79.5. The minimum atomic E-state index is -3.05. The van der Waals surface area contributed by atoms with Gasteiger partial charge in [0.05, 0.1) is 34.6 Å². The third-order valence-corrected chi connectivity index (χ3v) is 19.6. The Morgan fingerprint density at radius 3 is 1.07 bits per heavy atom. The molecule has 14 aromatic rings. The summed E-state index contributed by atoms with van der Waals surface area (Å²) < 4.78 is 70.7. The summed E-state index contributed by atoms with van der Waals surface area (Å²) in [5, 5.41) is 28.7. The fourth-order valence-corrected chi connectivity index (χ4v) is 14.6. The number of nitro groups is 1. The van der Waals surface area contributed by atoms with Crippen LogP contribution in [0.1, 0.15) is 149 Å². The van der Waals surface area contributed by atoms with Crippen LogP contribution in [-0.4, -0.2) is 101 Å². The smallest absolute Gasteiger partial charge is 0.387 e. The summed E-state index contributed by atoms with van der Waals surface area (Å²) in [6.45, 7) is 13.3. The number of carbonyl (C=O) groups is 2. The van der Waals surface area contributed by atoms with Gasteiger partial charge >= 0.3 is 13.2 Å². The molecule has 0 saturated heterocycles. The number of nitrogens with one attached hydrogen (secondary N) is 2. The molecule has 0 unspecified atom stereocenters. The number of rotatable bonds is 25. The molecule has 0 atom stereocenters. The third-order valence-electron chi connectivity index (χ3n) is 19.6. The average Bonchev–Trinajstić information content (AvgIpc) is 1.53. The van der Waals surface area contributed by atoms with E-state index in [1.807, 2.05) is 221 Å². The van der Waals surface area contributed by atoms with E-state index in [1.54, 1.807) is 55.3 Å². The number of halogens is 4. The first kappa shape index (κ1) is 77.7. The Bertz CT molecular complexity index is 5490. The zero-order valence-corrected chi connectivity index (χ0v) is 63.9. The van der Waals surface area contributed by atoms with E-state index < -0.39 is 40.9 Å². The van der Waals surface area contributed by atoms with Gasteiger partial charge in [0, 0.05) is 78.1 Å². The van der Waals surface area contributed by atoms with Crippen LogP contribution in [0.5, 0.6) is 11.5 Å². The predicted octanol–water partition coefficient (Wildman–Crippen LogP) is 18.2. The number of hydrogen-bond donors (Lipinski definition) is 3. The molecule has 14 rings (SSSR count). The second-order valence-electron chi connectivity index (χ2n) is 31.2. The molecule has 8 aromatic carbocycles. The molecule has 24 heteroatoms. The lowest BCUT2D eigenvalue weighted by molar-refractivity contribution is -0.561. The SMILES string of the molecule is CC(C)(C)NC(=O)c1cn(C(c2ccccc2)(c2ccccc2)c2ccccc2)c2ncc(-c3nn(CCCC(C)(C)[N+](=O)[O-])c4ccc(OC(F)F)cc34)nc12.CC(C)(N)CCCn1nc(-c2cnc3c(n2)c(C(=O)NC(C)(C)C)cn3C(c2ccccc2)(c2ccccc2)c2ccccc2)c2cc(OC(F)F)ccc21. The van der Waals surface area contributed by atoms with E-state index >= 15 is 0 Å². The Hall–Kier alpha value is -12.4. The van der Waals surface area contributed by atoms with E-state index in [2.05, 4.69) is 47.0 Å². The van der Waals surface area contributed by atoms with Gasteiger partial charge in [0.15, 0.2) is 11.3 Å². The maximum Gasteiger partial charge on any atom is 0.387 e. The van der Waals surface area contributed by atoms with Crippen molar-refractivity contribution in [3.8, 4) is 34.3 Å². The fourth-order valence-electron chi connectivity index (χ4n) is 14.6. The molecule has 0 spiro atoms. The second-order valence-corrected chi connectivity index (χ2v) is 31.2. The molecule has 0 bridgehead atoms. The summed E-state index contributed by atoms with van der Waals surface area (Å²) in [6, 6.07) is 69.7. The molecule has 20 nitrogen and oxygen atoms in total. The normalized spacial score (nSPS) is 12.4. The number of fused-ring (bicyclic) bond motifs is 4. The lowest BCUT2D eigenvalue weighted by atomic mass is 9.76. The van der Waals surface area contributed by atoms with Crippen LogP contribution in [0.25, 0.3) is 66.9 Å². The van der Waals surface area contributed by atoms with Crippen LogP contribution in [0.3, 0.4) is 0 Å². The van der Waals surface area contributed by atoms with E-state index in [4.69, 9.17) is 45.3 Å². The summed E-state index contributed by atoms with van der Waals surface area (Å²) in [7, 11) is 0. The van der Waals surface area contributed by atoms with Crippen molar-refractivity contribution < 1.29 is 41.5 Å². The Morgan fingerprint density at radius 2 is 0.786 bits per heavy atom. The number of benzene rings is 8. The average molecular weight is 1510 g/mol. The van der Waals surface area contributed by atoms with Crippen LogP contribution in [0, 0.1) is 10.1 Å². The van der Waals surface area contributed by atoms with Gasteiger partial charge in [-0.15, -0.1) is 0 Å². The van der Waals surface area contributed by atoms with Crippen molar-refractivity contribution in [2.75, 3.05) is 0 Å². The lowest BCUT2D eigenvalue weighted by Gasteiger charge is -2.38. The van der Waals surface area contributed by atoms with Crippen molar-refractivity contribution in [3.63, 3.8) is 0 Å². The van der Waals surface area contributed by atoms with Gasteiger partial charge in [-0.3, -0.25) is 29.1 Å². The van der Waals surface area contributed by atoms with Gasteiger partial charge in [0.1, 0.15) is 56.4 Å². The maximum absolute atomic E-state index is 14.3. The van der Waals surface area contributed by atoms with E-state index in [0.29, 0.717) is 92.0 Å². The number of alkyl halides is 4. The molecular weight excluding hydrogens is 1430 g/mol. The van der Waals surface area contributed by atoms with Crippen LogP contribution in [0.15, 0.2) is 243 Å². The van der Waals surface area contributed by atoms with Gasteiger partial charge in [-0.1, -0.05) is 182 Å². The molecule has 0 saturated carbocycles. The quantitative estimate of drug-likeness (QED) is 0.0209. The minimum Gasteiger partial charge on any atom is -0.435 e. The van der Waals surface area contributed by atoms with Crippen molar-refractivity contribution in [2.24, 2.45) is 5.73 Å². The first-order valence-electron chi connectivity index (χ1n) is 37.0. The molecule has 6 aromatic heterocycles. The number of aromatic nitrogens is 10. The molecule has 2 amide bonds. The lowest BCUT2D eigenvalue weighted by Crippen LogP contribution is -2.40. The third kappa shape index (κ3) is 16.1.